The molecular formula is C13H11N5O4S2. The molecule has 3 heterocycles. The van der Waals surface area contributed by atoms with E-state index in [9.17, 15) is 13.2 Å². The number of aromatic nitrogens is 3. The van der Waals surface area contributed by atoms with Crippen LogP contribution in [0.3, 0.4) is 0 Å². The molecule has 0 fully saturated rings. The van der Waals surface area contributed by atoms with Gasteiger partial charge < -0.3 is 10.3 Å². The van der Waals surface area contributed by atoms with Gasteiger partial charge in [-0.15, -0.1) is 11.3 Å². The summed E-state index contributed by atoms with van der Waals surface area (Å²) in [4.78, 5) is 19.2. The summed E-state index contributed by atoms with van der Waals surface area (Å²) >= 11 is 0.894. The van der Waals surface area contributed by atoms with Crippen molar-refractivity contribution < 1.29 is 17.7 Å². The van der Waals surface area contributed by atoms with E-state index in [0.29, 0.717) is 5.69 Å². The minimum atomic E-state index is -3.81. The molecule has 0 bridgehead atoms. The second kappa shape index (κ2) is 6.47. The molecule has 0 aliphatic rings. The molecule has 0 spiro atoms. The predicted molar refractivity (Wildman–Crippen MR) is 84.4 cm³/mol. The topological polar surface area (TPSA) is 141 Å². The van der Waals surface area contributed by atoms with Gasteiger partial charge in [-0.25, -0.2) is 13.1 Å². The Bertz CT molecular complexity index is 965. The molecule has 1 amide bonds. The van der Waals surface area contributed by atoms with Gasteiger partial charge >= 0.3 is 0 Å². The SMILES string of the molecule is NC(=O)c1csc(S(=O)(=O)NCc2nc(-c3ccccn3)no2)c1. The molecular weight excluding hydrogens is 354 g/mol. The zero-order valence-corrected chi connectivity index (χ0v) is 13.7. The maximum Gasteiger partial charge on any atom is 0.250 e. The highest BCUT2D eigenvalue weighted by Crippen LogP contribution is 2.20. The highest BCUT2D eigenvalue weighted by atomic mass is 32.2. The van der Waals surface area contributed by atoms with Gasteiger partial charge in [0.05, 0.1) is 12.1 Å². The number of thiophene rings is 1. The first-order valence-electron chi connectivity index (χ1n) is 6.58. The molecule has 9 nitrogen and oxygen atoms in total. The van der Waals surface area contributed by atoms with Crippen LogP contribution in [0, 0.1) is 0 Å². The van der Waals surface area contributed by atoms with E-state index < -0.39 is 15.9 Å². The van der Waals surface area contributed by atoms with Gasteiger partial charge in [0.2, 0.25) is 17.6 Å². The molecule has 0 saturated heterocycles. The molecule has 0 aliphatic heterocycles. The van der Waals surface area contributed by atoms with Crippen LogP contribution in [0.15, 0.2) is 44.6 Å². The molecule has 3 aromatic rings. The van der Waals surface area contributed by atoms with Gasteiger partial charge in [-0.05, 0) is 18.2 Å². The molecule has 24 heavy (non-hydrogen) atoms. The van der Waals surface area contributed by atoms with Gasteiger partial charge in [0.1, 0.15) is 9.90 Å². The molecule has 3 aromatic heterocycles. The average molecular weight is 365 g/mol. The van der Waals surface area contributed by atoms with Gasteiger partial charge in [-0.1, -0.05) is 11.2 Å². The summed E-state index contributed by atoms with van der Waals surface area (Å²) in [6.07, 6.45) is 1.58. The zero-order valence-electron chi connectivity index (χ0n) is 12.0. The van der Waals surface area contributed by atoms with E-state index in [0.717, 1.165) is 11.3 Å². The van der Waals surface area contributed by atoms with Crippen molar-refractivity contribution in [2.45, 2.75) is 10.8 Å². The van der Waals surface area contributed by atoms with Crippen LogP contribution < -0.4 is 10.5 Å². The number of nitrogens with zero attached hydrogens (tertiary/aromatic N) is 3. The highest BCUT2D eigenvalue weighted by molar-refractivity contribution is 7.91. The van der Waals surface area contributed by atoms with Gasteiger partial charge in [-0.2, -0.15) is 4.98 Å². The van der Waals surface area contributed by atoms with Crippen LogP contribution in [-0.2, 0) is 16.6 Å². The van der Waals surface area contributed by atoms with Crippen LogP contribution in [0.2, 0.25) is 0 Å². The summed E-state index contributed by atoms with van der Waals surface area (Å²) in [7, 11) is -3.81. The third kappa shape index (κ3) is 3.48. The fourth-order valence-electron chi connectivity index (χ4n) is 1.74. The normalized spacial score (nSPS) is 11.5. The van der Waals surface area contributed by atoms with Gasteiger partial charge in [-0.3, -0.25) is 9.78 Å². The van der Waals surface area contributed by atoms with Crippen molar-refractivity contribution >= 4 is 27.3 Å². The van der Waals surface area contributed by atoms with Crippen LogP contribution >= 0.6 is 11.3 Å². The Labute approximate surface area is 140 Å². The Kier molecular flexibility index (Phi) is 4.38. The molecule has 0 atom stereocenters. The lowest BCUT2D eigenvalue weighted by Gasteiger charge is -2.00. The lowest BCUT2D eigenvalue weighted by Crippen LogP contribution is -2.22. The second-order valence-corrected chi connectivity index (χ2v) is 7.47. The molecule has 124 valence electrons. The predicted octanol–water partition coefficient (Wildman–Crippen LogP) is 0.771. The average Bonchev–Trinajstić information content (AvgIpc) is 3.24. The number of nitrogens with two attached hydrogens (primary N) is 1. The lowest BCUT2D eigenvalue weighted by molar-refractivity contribution is 0.100. The minimum absolute atomic E-state index is 0.0271. The number of rotatable bonds is 6. The van der Waals surface area contributed by atoms with Gasteiger partial charge in [0.15, 0.2) is 0 Å². The van der Waals surface area contributed by atoms with Crippen LogP contribution in [0.4, 0.5) is 0 Å². The van der Waals surface area contributed by atoms with E-state index in [-0.39, 0.29) is 28.0 Å². The van der Waals surface area contributed by atoms with E-state index >= 15 is 0 Å². The first kappa shape index (κ1) is 16.2. The van der Waals surface area contributed by atoms with E-state index in [1.807, 2.05) is 0 Å². The largest absolute Gasteiger partial charge is 0.366 e. The summed E-state index contributed by atoms with van der Waals surface area (Å²) in [5.41, 5.74) is 5.76. The van der Waals surface area contributed by atoms with E-state index in [2.05, 4.69) is 19.8 Å². The summed E-state index contributed by atoms with van der Waals surface area (Å²) < 4.78 is 31.6. The molecule has 11 heteroatoms. The monoisotopic (exact) mass is 365 g/mol. The molecule has 3 N–H and O–H groups in total. The molecule has 0 aromatic carbocycles. The Hall–Kier alpha value is -2.63. The fourth-order valence-corrected chi connectivity index (χ4v) is 3.93. The second-order valence-electron chi connectivity index (χ2n) is 4.57. The fraction of sp³-hybridized carbons (Fsp3) is 0.0769. The van der Waals surface area contributed by atoms with Crippen molar-refractivity contribution in [3.8, 4) is 11.5 Å². The molecule has 0 aliphatic carbocycles. The van der Waals surface area contributed by atoms with Crippen LogP contribution in [0.1, 0.15) is 16.2 Å². The smallest absolute Gasteiger partial charge is 0.250 e. The van der Waals surface area contributed by atoms with Crippen molar-refractivity contribution in [1.29, 1.82) is 0 Å². The van der Waals surface area contributed by atoms with Crippen molar-refractivity contribution in [1.82, 2.24) is 19.8 Å². The quantitative estimate of drug-likeness (QED) is 0.657. The van der Waals surface area contributed by atoms with Crippen LogP contribution in [0.5, 0.6) is 0 Å². The number of hydrogen-bond donors (Lipinski definition) is 2. The van der Waals surface area contributed by atoms with Crippen LogP contribution in [0.25, 0.3) is 11.5 Å². The molecule has 0 unspecified atom stereocenters. The number of carbonyl (C=O) groups excluding carboxylic acids is 1. The summed E-state index contributed by atoms with van der Waals surface area (Å²) in [6, 6.07) is 6.44. The number of amides is 1. The van der Waals surface area contributed by atoms with Crippen molar-refractivity contribution in [2.24, 2.45) is 5.73 Å². The number of nitrogens with one attached hydrogen (secondary N) is 1. The number of pyridine rings is 1. The van der Waals surface area contributed by atoms with E-state index in [4.69, 9.17) is 10.3 Å². The number of sulfonamides is 1. The maximum absolute atomic E-state index is 12.2. The third-order valence-corrected chi connectivity index (χ3v) is 5.74. The first-order valence-corrected chi connectivity index (χ1v) is 8.94. The number of primary amides is 1. The highest BCUT2D eigenvalue weighted by Gasteiger charge is 2.19. The first-order chi connectivity index (χ1) is 11.5. The van der Waals surface area contributed by atoms with Gasteiger partial charge in [0, 0.05) is 11.6 Å². The van der Waals surface area contributed by atoms with E-state index in [1.165, 1.54) is 11.4 Å². The van der Waals surface area contributed by atoms with Crippen LogP contribution in [-0.4, -0.2) is 29.4 Å². The maximum atomic E-state index is 12.2. The zero-order chi connectivity index (χ0) is 17.2. The Morgan fingerprint density at radius 3 is 2.88 bits per heavy atom. The Morgan fingerprint density at radius 2 is 2.21 bits per heavy atom. The molecule has 3 rings (SSSR count). The summed E-state index contributed by atoms with van der Waals surface area (Å²) in [6.45, 7) is -0.189. The summed E-state index contributed by atoms with van der Waals surface area (Å²) in [5.74, 6) is -0.340. The lowest BCUT2D eigenvalue weighted by atomic mass is 10.3. The van der Waals surface area contributed by atoms with Crippen molar-refractivity contribution in [2.75, 3.05) is 0 Å². The van der Waals surface area contributed by atoms with Gasteiger partial charge in [0.25, 0.3) is 10.0 Å². The molecule has 0 radical (unpaired) electrons. The minimum Gasteiger partial charge on any atom is -0.366 e. The standard InChI is InChI=1S/C13H11N5O4S2/c14-12(19)8-5-11(23-7-8)24(20,21)16-6-10-17-13(18-22-10)9-3-1-2-4-15-9/h1-5,7,16H,6H2,(H2,14,19). The van der Waals surface area contributed by atoms with Crippen molar-refractivity contribution in [3.05, 3.63) is 47.3 Å². The van der Waals surface area contributed by atoms with Crippen molar-refractivity contribution in [3.63, 3.8) is 0 Å². The third-order valence-electron chi connectivity index (χ3n) is 2.90. The number of carbonyl (C=O) groups is 1. The molecule has 0 saturated carbocycles. The summed E-state index contributed by atoms with van der Waals surface area (Å²) in [5, 5.41) is 5.12. The van der Waals surface area contributed by atoms with E-state index in [1.54, 1.807) is 24.4 Å². The Balaban J connectivity index is 1.71. The number of hydrogen-bond acceptors (Lipinski definition) is 8. The Morgan fingerprint density at radius 1 is 1.38 bits per heavy atom.